The SMILES string of the molecule is COc1ccc(-c2nc(Nc3nc4ccccc4[nH]3)nc(N)c2C#N)cc1. The largest absolute Gasteiger partial charge is 0.497 e. The third-order valence-electron chi connectivity index (χ3n) is 4.03. The number of methoxy groups -OCH3 is 1. The molecule has 4 N–H and O–H groups in total. The maximum atomic E-state index is 9.46. The van der Waals surface area contributed by atoms with Crippen LogP contribution in [0.1, 0.15) is 5.56 Å². The quantitative estimate of drug-likeness (QED) is 0.512. The number of nitrogens with zero attached hydrogens (tertiary/aromatic N) is 4. The number of aromatic nitrogens is 4. The summed E-state index contributed by atoms with van der Waals surface area (Å²) in [5, 5.41) is 12.5. The van der Waals surface area contributed by atoms with Gasteiger partial charge in [0.15, 0.2) is 0 Å². The van der Waals surface area contributed by atoms with Gasteiger partial charge in [-0.3, -0.25) is 5.32 Å². The van der Waals surface area contributed by atoms with E-state index in [1.807, 2.05) is 36.4 Å². The lowest BCUT2D eigenvalue weighted by Gasteiger charge is -2.09. The Balaban J connectivity index is 1.75. The Bertz CT molecular complexity index is 1130. The van der Waals surface area contributed by atoms with Gasteiger partial charge in [-0.1, -0.05) is 12.1 Å². The molecular formula is C19H15N7O. The molecule has 0 fully saturated rings. The number of aromatic amines is 1. The summed E-state index contributed by atoms with van der Waals surface area (Å²) in [6.45, 7) is 0. The molecular weight excluding hydrogens is 342 g/mol. The first-order valence-corrected chi connectivity index (χ1v) is 8.12. The Morgan fingerprint density at radius 3 is 2.56 bits per heavy atom. The number of nitrogens with two attached hydrogens (primary N) is 1. The Morgan fingerprint density at radius 2 is 1.85 bits per heavy atom. The second-order valence-electron chi connectivity index (χ2n) is 5.72. The normalized spacial score (nSPS) is 10.5. The van der Waals surface area contributed by atoms with E-state index in [2.05, 4.69) is 31.3 Å². The highest BCUT2D eigenvalue weighted by molar-refractivity contribution is 5.78. The van der Waals surface area contributed by atoms with Gasteiger partial charge in [0, 0.05) is 5.56 Å². The number of nitrogen functional groups attached to an aromatic ring is 1. The zero-order chi connectivity index (χ0) is 18.8. The molecule has 2 heterocycles. The molecule has 8 heteroatoms. The van der Waals surface area contributed by atoms with Gasteiger partial charge in [0.2, 0.25) is 11.9 Å². The summed E-state index contributed by atoms with van der Waals surface area (Å²) in [5.41, 5.74) is 9.07. The zero-order valence-corrected chi connectivity index (χ0v) is 14.4. The highest BCUT2D eigenvalue weighted by atomic mass is 16.5. The highest BCUT2D eigenvalue weighted by Crippen LogP contribution is 2.28. The molecule has 0 saturated heterocycles. The maximum Gasteiger partial charge on any atom is 0.232 e. The number of anilines is 3. The van der Waals surface area contributed by atoms with Gasteiger partial charge in [0.05, 0.1) is 23.8 Å². The molecule has 4 rings (SSSR count). The van der Waals surface area contributed by atoms with Crippen molar-refractivity contribution < 1.29 is 4.74 Å². The molecule has 0 aliphatic carbocycles. The van der Waals surface area contributed by atoms with Crippen molar-refractivity contribution in [3.63, 3.8) is 0 Å². The summed E-state index contributed by atoms with van der Waals surface area (Å²) >= 11 is 0. The van der Waals surface area contributed by atoms with Crippen LogP contribution in [0.15, 0.2) is 48.5 Å². The lowest BCUT2D eigenvalue weighted by molar-refractivity contribution is 0.415. The molecule has 0 spiro atoms. The first-order chi connectivity index (χ1) is 13.2. The first-order valence-electron chi connectivity index (χ1n) is 8.12. The Labute approximate surface area is 154 Å². The number of benzene rings is 2. The van der Waals surface area contributed by atoms with E-state index in [0.717, 1.165) is 16.6 Å². The smallest absolute Gasteiger partial charge is 0.232 e. The van der Waals surface area contributed by atoms with Gasteiger partial charge in [-0.05, 0) is 36.4 Å². The van der Waals surface area contributed by atoms with Crippen LogP contribution in [-0.4, -0.2) is 27.0 Å². The maximum absolute atomic E-state index is 9.46. The molecule has 2 aromatic heterocycles. The van der Waals surface area contributed by atoms with Crippen molar-refractivity contribution in [1.29, 1.82) is 5.26 Å². The van der Waals surface area contributed by atoms with Gasteiger partial charge in [-0.15, -0.1) is 0 Å². The van der Waals surface area contributed by atoms with Gasteiger partial charge in [0.1, 0.15) is 23.2 Å². The molecule has 0 aliphatic heterocycles. The Kier molecular flexibility index (Phi) is 4.03. The first kappa shape index (κ1) is 16.4. The van der Waals surface area contributed by atoms with Crippen LogP contribution in [0.4, 0.5) is 17.7 Å². The number of rotatable bonds is 4. The van der Waals surface area contributed by atoms with E-state index >= 15 is 0 Å². The van der Waals surface area contributed by atoms with Crippen LogP contribution in [0.5, 0.6) is 5.75 Å². The van der Waals surface area contributed by atoms with Crippen LogP contribution < -0.4 is 15.8 Å². The predicted molar refractivity (Wildman–Crippen MR) is 103 cm³/mol. The van der Waals surface area contributed by atoms with Gasteiger partial charge in [-0.2, -0.15) is 10.2 Å². The highest BCUT2D eigenvalue weighted by Gasteiger charge is 2.15. The summed E-state index contributed by atoms with van der Waals surface area (Å²) in [5.74, 6) is 1.54. The molecule has 0 aliphatic rings. The van der Waals surface area contributed by atoms with E-state index in [1.165, 1.54) is 0 Å². The minimum absolute atomic E-state index is 0.0944. The molecule has 0 saturated carbocycles. The third-order valence-corrected chi connectivity index (χ3v) is 4.03. The number of imidazole rings is 1. The van der Waals surface area contributed by atoms with Crippen molar-refractivity contribution in [2.45, 2.75) is 0 Å². The molecule has 27 heavy (non-hydrogen) atoms. The Morgan fingerprint density at radius 1 is 1.07 bits per heavy atom. The molecule has 4 aromatic rings. The van der Waals surface area contributed by atoms with Crippen LogP contribution >= 0.6 is 0 Å². The van der Waals surface area contributed by atoms with E-state index in [0.29, 0.717) is 17.4 Å². The number of hydrogen-bond acceptors (Lipinski definition) is 7. The van der Waals surface area contributed by atoms with Crippen molar-refractivity contribution >= 4 is 28.7 Å². The molecule has 8 nitrogen and oxygen atoms in total. The van der Waals surface area contributed by atoms with E-state index in [-0.39, 0.29) is 17.3 Å². The molecule has 0 amide bonds. The molecule has 132 valence electrons. The molecule has 0 bridgehead atoms. The fraction of sp³-hybridized carbons (Fsp3) is 0.0526. The predicted octanol–water partition coefficient (Wildman–Crippen LogP) is 3.23. The standard InChI is InChI=1S/C19H15N7O/c1-27-12-8-6-11(7-9-12)16-13(10-20)17(21)25-19(24-16)26-18-22-14-4-2-3-5-15(14)23-18/h2-9H,1H3,(H4,21,22,23,24,25,26). The van der Waals surface area contributed by atoms with Gasteiger partial charge in [-0.25, -0.2) is 9.97 Å². The third kappa shape index (κ3) is 3.09. The number of hydrogen-bond donors (Lipinski definition) is 3. The monoisotopic (exact) mass is 357 g/mol. The number of ether oxygens (including phenoxy) is 1. The summed E-state index contributed by atoms with van der Waals surface area (Å²) in [6.07, 6.45) is 0. The second-order valence-corrected chi connectivity index (χ2v) is 5.72. The van der Waals surface area contributed by atoms with Crippen LogP contribution in [0, 0.1) is 11.3 Å². The van der Waals surface area contributed by atoms with E-state index in [1.54, 1.807) is 19.2 Å². The zero-order valence-electron chi connectivity index (χ0n) is 14.4. The topological polar surface area (TPSA) is 126 Å². The minimum Gasteiger partial charge on any atom is -0.497 e. The number of para-hydroxylation sites is 2. The van der Waals surface area contributed by atoms with E-state index < -0.39 is 0 Å². The summed E-state index contributed by atoms with van der Waals surface area (Å²) in [6, 6.07) is 16.9. The minimum atomic E-state index is 0.0944. The fourth-order valence-corrected chi connectivity index (χ4v) is 2.72. The van der Waals surface area contributed by atoms with Crippen molar-refractivity contribution in [3.05, 3.63) is 54.1 Å². The lowest BCUT2D eigenvalue weighted by Crippen LogP contribution is -2.06. The van der Waals surface area contributed by atoms with Crippen LogP contribution in [-0.2, 0) is 0 Å². The number of nitrogens with one attached hydrogen (secondary N) is 2. The number of nitriles is 1. The average Bonchev–Trinajstić information content (AvgIpc) is 3.10. The van der Waals surface area contributed by atoms with Gasteiger partial charge < -0.3 is 15.5 Å². The van der Waals surface area contributed by atoms with Crippen molar-refractivity contribution in [2.24, 2.45) is 0 Å². The average molecular weight is 357 g/mol. The molecule has 0 unspecified atom stereocenters. The van der Waals surface area contributed by atoms with Crippen molar-refractivity contribution in [3.8, 4) is 23.1 Å². The van der Waals surface area contributed by atoms with Crippen molar-refractivity contribution in [2.75, 3.05) is 18.2 Å². The summed E-state index contributed by atoms with van der Waals surface area (Å²) in [4.78, 5) is 16.2. The summed E-state index contributed by atoms with van der Waals surface area (Å²) < 4.78 is 5.17. The molecule has 0 atom stereocenters. The van der Waals surface area contributed by atoms with Crippen LogP contribution in [0.2, 0.25) is 0 Å². The van der Waals surface area contributed by atoms with E-state index in [4.69, 9.17) is 10.5 Å². The van der Waals surface area contributed by atoms with Gasteiger partial charge >= 0.3 is 0 Å². The van der Waals surface area contributed by atoms with E-state index in [9.17, 15) is 5.26 Å². The number of H-pyrrole nitrogens is 1. The number of fused-ring (bicyclic) bond motifs is 1. The second kappa shape index (κ2) is 6.65. The van der Waals surface area contributed by atoms with Crippen LogP contribution in [0.25, 0.3) is 22.3 Å². The Hall–Kier alpha value is -4.12. The fourth-order valence-electron chi connectivity index (χ4n) is 2.72. The lowest BCUT2D eigenvalue weighted by atomic mass is 10.1. The van der Waals surface area contributed by atoms with Crippen LogP contribution in [0.3, 0.4) is 0 Å². The van der Waals surface area contributed by atoms with Gasteiger partial charge in [0.25, 0.3) is 0 Å². The molecule has 0 radical (unpaired) electrons. The van der Waals surface area contributed by atoms with Crippen molar-refractivity contribution in [1.82, 2.24) is 19.9 Å². The molecule has 2 aromatic carbocycles. The summed E-state index contributed by atoms with van der Waals surface area (Å²) in [7, 11) is 1.59.